The van der Waals surface area contributed by atoms with E-state index in [9.17, 15) is 9.59 Å². The maximum absolute atomic E-state index is 11.5. The number of hydrogen-bond donors (Lipinski definition) is 1. The van der Waals surface area contributed by atoms with Crippen molar-refractivity contribution in [2.24, 2.45) is 0 Å². The van der Waals surface area contributed by atoms with E-state index in [1.165, 1.54) is 30.3 Å². The molecular formula is C14H13NO4. The summed E-state index contributed by atoms with van der Waals surface area (Å²) in [5.74, 6) is -1.70. The Morgan fingerprint density at radius 2 is 2.00 bits per heavy atom. The van der Waals surface area contributed by atoms with Crippen molar-refractivity contribution in [3.05, 3.63) is 41.0 Å². The van der Waals surface area contributed by atoms with Gasteiger partial charge in [0.2, 0.25) is 0 Å². The molecule has 0 radical (unpaired) electrons. The molecule has 0 unspecified atom stereocenters. The fourth-order valence-electron chi connectivity index (χ4n) is 1.30. The molecule has 0 saturated heterocycles. The van der Waals surface area contributed by atoms with Crippen molar-refractivity contribution >= 4 is 18.0 Å². The Hall–Kier alpha value is -2.61. The smallest absolute Gasteiger partial charge is 0.348 e. The lowest BCUT2D eigenvalue weighted by molar-refractivity contribution is -0.138. The van der Waals surface area contributed by atoms with Gasteiger partial charge in [0, 0.05) is 0 Å². The molecule has 98 valence electrons. The van der Waals surface area contributed by atoms with Gasteiger partial charge in [-0.1, -0.05) is 19.1 Å². The van der Waals surface area contributed by atoms with Gasteiger partial charge in [0.1, 0.15) is 11.6 Å². The molecule has 5 heteroatoms. The van der Waals surface area contributed by atoms with Crippen LogP contribution in [0.25, 0.3) is 6.08 Å². The monoisotopic (exact) mass is 259 g/mol. The van der Waals surface area contributed by atoms with Crippen LogP contribution in [0.5, 0.6) is 0 Å². The molecule has 0 amide bonds. The lowest BCUT2D eigenvalue weighted by Crippen LogP contribution is -2.07. The van der Waals surface area contributed by atoms with E-state index in [0.29, 0.717) is 12.0 Å². The summed E-state index contributed by atoms with van der Waals surface area (Å²) in [6.45, 7) is 2.11. The molecule has 0 aliphatic rings. The van der Waals surface area contributed by atoms with Crippen LogP contribution in [0, 0.1) is 11.3 Å². The number of carboxylic acids is 1. The molecule has 0 aliphatic heterocycles. The van der Waals surface area contributed by atoms with Gasteiger partial charge in [0.05, 0.1) is 12.2 Å². The summed E-state index contributed by atoms with van der Waals surface area (Å²) in [5.41, 5.74) is 0.593. The third-order valence-corrected chi connectivity index (χ3v) is 2.25. The van der Waals surface area contributed by atoms with Crippen molar-refractivity contribution in [3.8, 4) is 6.07 Å². The highest BCUT2D eigenvalue weighted by Gasteiger charge is 2.10. The van der Waals surface area contributed by atoms with Crippen molar-refractivity contribution in [2.45, 2.75) is 13.3 Å². The van der Waals surface area contributed by atoms with Crippen LogP contribution in [0.2, 0.25) is 0 Å². The van der Waals surface area contributed by atoms with E-state index in [1.807, 2.05) is 6.92 Å². The van der Waals surface area contributed by atoms with Gasteiger partial charge in [-0.3, -0.25) is 0 Å². The molecule has 5 nitrogen and oxygen atoms in total. The van der Waals surface area contributed by atoms with Crippen LogP contribution < -0.4 is 0 Å². The minimum absolute atomic E-state index is 0.114. The SMILES string of the molecule is CCCOC(=O)C(C#N)=Cc1ccc(C(=O)O)cc1. The topological polar surface area (TPSA) is 87.4 Å². The molecule has 0 bridgehead atoms. The Bertz CT molecular complexity index is 538. The zero-order chi connectivity index (χ0) is 14.3. The van der Waals surface area contributed by atoms with Crippen LogP contribution in [-0.4, -0.2) is 23.7 Å². The van der Waals surface area contributed by atoms with Gasteiger partial charge in [0.25, 0.3) is 0 Å². The van der Waals surface area contributed by atoms with E-state index in [-0.39, 0.29) is 17.7 Å². The predicted octanol–water partition coefficient (Wildman–Crippen LogP) is 2.24. The zero-order valence-electron chi connectivity index (χ0n) is 10.4. The number of carboxylic acid groups (broad SMARTS) is 1. The standard InChI is InChI=1S/C14H13NO4/c1-2-7-19-14(18)12(9-15)8-10-3-5-11(6-4-10)13(16)17/h3-6,8H,2,7H2,1H3,(H,16,17). The third kappa shape index (κ3) is 4.28. The summed E-state index contributed by atoms with van der Waals surface area (Å²) in [4.78, 5) is 22.2. The number of carbonyl (C=O) groups is 2. The summed E-state index contributed by atoms with van der Waals surface area (Å²) in [6.07, 6.45) is 2.04. The van der Waals surface area contributed by atoms with Gasteiger partial charge in [0.15, 0.2) is 0 Å². The number of aromatic carboxylic acids is 1. The lowest BCUT2D eigenvalue weighted by atomic mass is 10.1. The Balaban J connectivity index is 2.89. The van der Waals surface area contributed by atoms with E-state index in [4.69, 9.17) is 15.1 Å². The van der Waals surface area contributed by atoms with Crippen molar-refractivity contribution < 1.29 is 19.4 Å². The summed E-state index contributed by atoms with van der Waals surface area (Å²) < 4.78 is 4.85. The number of hydrogen-bond acceptors (Lipinski definition) is 4. The molecule has 0 aliphatic carbocycles. The average Bonchev–Trinajstić information content (AvgIpc) is 2.42. The van der Waals surface area contributed by atoms with E-state index in [0.717, 1.165) is 0 Å². The summed E-state index contributed by atoms with van der Waals surface area (Å²) in [6, 6.07) is 7.62. The largest absolute Gasteiger partial charge is 0.478 e. The second-order valence-electron chi connectivity index (χ2n) is 3.73. The van der Waals surface area contributed by atoms with E-state index < -0.39 is 11.9 Å². The maximum Gasteiger partial charge on any atom is 0.348 e. The van der Waals surface area contributed by atoms with Crippen molar-refractivity contribution in [1.29, 1.82) is 5.26 Å². The van der Waals surface area contributed by atoms with Gasteiger partial charge >= 0.3 is 11.9 Å². The molecule has 0 fully saturated rings. The highest BCUT2D eigenvalue weighted by atomic mass is 16.5. The molecule has 1 aromatic carbocycles. The summed E-state index contributed by atoms with van der Waals surface area (Å²) >= 11 is 0. The molecule has 1 rings (SSSR count). The Morgan fingerprint density at radius 3 is 2.47 bits per heavy atom. The number of nitriles is 1. The van der Waals surface area contributed by atoms with E-state index >= 15 is 0 Å². The first kappa shape index (κ1) is 14.5. The number of carbonyl (C=O) groups excluding carboxylic acids is 1. The van der Waals surface area contributed by atoms with Crippen LogP contribution in [0.3, 0.4) is 0 Å². The number of esters is 1. The lowest BCUT2D eigenvalue weighted by Gasteiger charge is -2.01. The molecule has 1 aromatic rings. The van der Waals surface area contributed by atoms with E-state index in [1.54, 1.807) is 6.07 Å². The molecule has 0 heterocycles. The van der Waals surface area contributed by atoms with Gasteiger partial charge < -0.3 is 9.84 Å². The first-order chi connectivity index (χ1) is 9.08. The fourth-order valence-corrected chi connectivity index (χ4v) is 1.30. The van der Waals surface area contributed by atoms with Crippen molar-refractivity contribution in [1.82, 2.24) is 0 Å². The number of rotatable bonds is 5. The van der Waals surface area contributed by atoms with E-state index in [2.05, 4.69) is 0 Å². The Labute approximate surface area is 110 Å². The van der Waals surface area contributed by atoms with Gasteiger partial charge in [-0.25, -0.2) is 9.59 Å². The quantitative estimate of drug-likeness (QED) is 0.497. The zero-order valence-corrected chi connectivity index (χ0v) is 10.4. The third-order valence-electron chi connectivity index (χ3n) is 2.25. The van der Waals surface area contributed by atoms with Crippen molar-refractivity contribution in [2.75, 3.05) is 6.61 Å². The van der Waals surface area contributed by atoms with Crippen LogP contribution in [0.1, 0.15) is 29.3 Å². The van der Waals surface area contributed by atoms with Crippen LogP contribution in [-0.2, 0) is 9.53 Å². The molecule has 0 spiro atoms. The average molecular weight is 259 g/mol. The number of nitrogens with zero attached hydrogens (tertiary/aromatic N) is 1. The number of benzene rings is 1. The molecule has 0 atom stereocenters. The van der Waals surface area contributed by atoms with Gasteiger partial charge in [-0.15, -0.1) is 0 Å². The number of ether oxygens (including phenoxy) is 1. The van der Waals surface area contributed by atoms with Crippen LogP contribution in [0.4, 0.5) is 0 Å². The fraction of sp³-hybridized carbons (Fsp3) is 0.214. The molecule has 0 aromatic heterocycles. The second-order valence-corrected chi connectivity index (χ2v) is 3.73. The first-order valence-corrected chi connectivity index (χ1v) is 5.70. The molecule has 19 heavy (non-hydrogen) atoms. The van der Waals surface area contributed by atoms with Gasteiger partial charge in [-0.2, -0.15) is 5.26 Å². The summed E-state index contributed by atoms with van der Waals surface area (Å²) in [7, 11) is 0. The molecule has 1 N–H and O–H groups in total. The Kier molecular flexibility index (Phi) is 5.30. The van der Waals surface area contributed by atoms with Crippen molar-refractivity contribution in [3.63, 3.8) is 0 Å². The minimum atomic E-state index is -1.03. The van der Waals surface area contributed by atoms with Crippen LogP contribution in [0.15, 0.2) is 29.8 Å². The highest BCUT2D eigenvalue weighted by Crippen LogP contribution is 2.10. The van der Waals surface area contributed by atoms with Crippen LogP contribution >= 0.6 is 0 Å². The normalized spacial score (nSPS) is 10.6. The highest BCUT2D eigenvalue weighted by molar-refractivity contribution is 5.98. The maximum atomic E-state index is 11.5. The van der Waals surface area contributed by atoms with Gasteiger partial charge in [-0.05, 0) is 30.2 Å². The Morgan fingerprint density at radius 1 is 1.37 bits per heavy atom. The second kappa shape index (κ2) is 6.97. The molecule has 0 saturated carbocycles. The predicted molar refractivity (Wildman–Crippen MR) is 68.2 cm³/mol. The molecular weight excluding hydrogens is 246 g/mol. The summed E-state index contributed by atoms with van der Waals surface area (Å²) in [5, 5.41) is 17.6. The minimum Gasteiger partial charge on any atom is -0.478 e. The first-order valence-electron chi connectivity index (χ1n) is 5.70.